The number of hydrogen-bond donors (Lipinski definition) is 1. The third kappa shape index (κ3) is 2.89. The van der Waals surface area contributed by atoms with Crippen molar-refractivity contribution in [2.24, 2.45) is 11.0 Å². The lowest BCUT2D eigenvalue weighted by Gasteiger charge is -2.16. The van der Waals surface area contributed by atoms with Gasteiger partial charge in [0.05, 0.1) is 6.20 Å². The van der Waals surface area contributed by atoms with Gasteiger partial charge in [0.15, 0.2) is 5.82 Å². The van der Waals surface area contributed by atoms with Gasteiger partial charge >= 0.3 is 0 Å². The average molecular weight is 254 g/mol. The zero-order valence-electron chi connectivity index (χ0n) is 10.9. The standard InChI is InChI=1S/C15H18N4/c1-2-6-12(7-3-1)10-16-18-15-14-9-5-4-8-13(14)11-17-19-15/h4-5,8-12H,1-3,6-7H2,(H,18,19)/b16-10-. The summed E-state index contributed by atoms with van der Waals surface area (Å²) in [6.45, 7) is 0. The van der Waals surface area contributed by atoms with Crippen molar-refractivity contribution in [3.8, 4) is 0 Å². The first-order chi connectivity index (χ1) is 9.43. The second kappa shape index (κ2) is 5.78. The minimum Gasteiger partial charge on any atom is -0.260 e. The van der Waals surface area contributed by atoms with Crippen LogP contribution in [0.15, 0.2) is 35.6 Å². The van der Waals surface area contributed by atoms with E-state index in [2.05, 4.69) is 20.7 Å². The van der Waals surface area contributed by atoms with Crippen molar-refractivity contribution < 1.29 is 0 Å². The van der Waals surface area contributed by atoms with Crippen molar-refractivity contribution in [2.75, 3.05) is 5.43 Å². The Morgan fingerprint density at radius 1 is 1.16 bits per heavy atom. The Labute approximate surface area is 112 Å². The van der Waals surface area contributed by atoms with Crippen LogP contribution in [0.2, 0.25) is 0 Å². The van der Waals surface area contributed by atoms with Crippen LogP contribution >= 0.6 is 0 Å². The second-order valence-electron chi connectivity index (χ2n) is 5.07. The summed E-state index contributed by atoms with van der Waals surface area (Å²) in [6, 6.07) is 8.06. The van der Waals surface area contributed by atoms with E-state index in [-0.39, 0.29) is 0 Å². The number of fused-ring (bicyclic) bond motifs is 1. The first kappa shape index (κ1) is 12.1. The summed E-state index contributed by atoms with van der Waals surface area (Å²) in [4.78, 5) is 0. The van der Waals surface area contributed by atoms with E-state index in [9.17, 15) is 0 Å². The van der Waals surface area contributed by atoms with Crippen LogP contribution in [-0.4, -0.2) is 16.4 Å². The highest BCUT2D eigenvalue weighted by Crippen LogP contribution is 2.22. The van der Waals surface area contributed by atoms with Crippen LogP contribution < -0.4 is 5.43 Å². The van der Waals surface area contributed by atoms with Gasteiger partial charge in [-0.25, -0.2) is 0 Å². The molecule has 0 unspecified atom stereocenters. The minimum absolute atomic E-state index is 0.615. The first-order valence-corrected chi connectivity index (χ1v) is 6.93. The van der Waals surface area contributed by atoms with E-state index in [1.807, 2.05) is 30.5 Å². The van der Waals surface area contributed by atoms with Crippen LogP contribution in [0.25, 0.3) is 10.8 Å². The lowest BCUT2D eigenvalue weighted by atomic mass is 9.90. The molecule has 2 aromatic rings. The van der Waals surface area contributed by atoms with E-state index in [0.29, 0.717) is 5.92 Å². The van der Waals surface area contributed by atoms with Crippen molar-refractivity contribution in [3.05, 3.63) is 30.5 Å². The second-order valence-corrected chi connectivity index (χ2v) is 5.07. The zero-order valence-corrected chi connectivity index (χ0v) is 10.9. The fraction of sp³-hybridized carbons (Fsp3) is 0.400. The fourth-order valence-electron chi connectivity index (χ4n) is 2.60. The van der Waals surface area contributed by atoms with Gasteiger partial charge in [0.1, 0.15) is 0 Å². The summed E-state index contributed by atoms with van der Waals surface area (Å²) in [7, 11) is 0. The number of anilines is 1. The van der Waals surface area contributed by atoms with E-state index in [1.165, 1.54) is 32.1 Å². The molecule has 0 saturated heterocycles. The molecule has 1 aromatic carbocycles. The van der Waals surface area contributed by atoms with Crippen LogP contribution in [0, 0.1) is 5.92 Å². The van der Waals surface area contributed by atoms with Crippen molar-refractivity contribution in [2.45, 2.75) is 32.1 Å². The van der Waals surface area contributed by atoms with Crippen LogP contribution in [0.3, 0.4) is 0 Å². The third-order valence-corrected chi connectivity index (χ3v) is 3.68. The minimum atomic E-state index is 0.615. The molecule has 0 spiro atoms. The van der Waals surface area contributed by atoms with E-state index < -0.39 is 0 Å². The van der Waals surface area contributed by atoms with Crippen LogP contribution in [0.5, 0.6) is 0 Å². The number of hydrogen-bond acceptors (Lipinski definition) is 4. The Bertz CT molecular complexity index is 568. The quantitative estimate of drug-likeness (QED) is 0.672. The fourth-order valence-corrected chi connectivity index (χ4v) is 2.60. The number of benzene rings is 1. The maximum atomic E-state index is 4.34. The number of nitrogens with one attached hydrogen (secondary N) is 1. The van der Waals surface area contributed by atoms with Gasteiger partial charge in [0.25, 0.3) is 0 Å². The number of aromatic nitrogens is 2. The van der Waals surface area contributed by atoms with Gasteiger partial charge in [-0.1, -0.05) is 43.5 Å². The number of rotatable bonds is 3. The number of nitrogens with zero attached hydrogens (tertiary/aromatic N) is 3. The van der Waals surface area contributed by atoms with Crippen molar-refractivity contribution in [3.63, 3.8) is 0 Å². The maximum absolute atomic E-state index is 4.34. The SMILES string of the molecule is C(=N/Nc1nncc2ccccc12)/C1CCCCC1. The van der Waals surface area contributed by atoms with Gasteiger partial charge in [-0.3, -0.25) is 5.43 Å². The topological polar surface area (TPSA) is 50.2 Å². The van der Waals surface area contributed by atoms with E-state index >= 15 is 0 Å². The van der Waals surface area contributed by atoms with Crippen LogP contribution in [0.1, 0.15) is 32.1 Å². The lowest BCUT2D eigenvalue weighted by Crippen LogP contribution is -2.08. The number of hydrazone groups is 1. The molecule has 0 radical (unpaired) electrons. The van der Waals surface area contributed by atoms with Gasteiger partial charge in [0.2, 0.25) is 0 Å². The molecule has 1 fully saturated rings. The molecule has 1 N–H and O–H groups in total. The van der Waals surface area contributed by atoms with Gasteiger partial charge in [-0.2, -0.15) is 10.2 Å². The zero-order chi connectivity index (χ0) is 12.9. The molecule has 0 bridgehead atoms. The molecule has 0 atom stereocenters. The summed E-state index contributed by atoms with van der Waals surface area (Å²) < 4.78 is 0. The molecule has 19 heavy (non-hydrogen) atoms. The van der Waals surface area contributed by atoms with Gasteiger partial charge < -0.3 is 0 Å². The first-order valence-electron chi connectivity index (χ1n) is 6.93. The average Bonchev–Trinajstić information content (AvgIpc) is 2.49. The highest BCUT2D eigenvalue weighted by molar-refractivity contribution is 5.90. The summed E-state index contributed by atoms with van der Waals surface area (Å²) in [5.41, 5.74) is 3.03. The maximum Gasteiger partial charge on any atom is 0.176 e. The molecular formula is C15H18N4. The predicted molar refractivity (Wildman–Crippen MR) is 78.2 cm³/mol. The summed E-state index contributed by atoms with van der Waals surface area (Å²) >= 11 is 0. The predicted octanol–water partition coefficient (Wildman–Crippen LogP) is 3.61. The molecular weight excluding hydrogens is 236 g/mol. The molecule has 4 heteroatoms. The Morgan fingerprint density at radius 3 is 2.89 bits per heavy atom. The Balaban J connectivity index is 1.72. The summed E-state index contributed by atoms with van der Waals surface area (Å²) in [6.07, 6.45) is 10.3. The van der Waals surface area contributed by atoms with Crippen molar-refractivity contribution in [1.82, 2.24) is 10.2 Å². The monoisotopic (exact) mass is 254 g/mol. The normalized spacial score (nSPS) is 17.1. The summed E-state index contributed by atoms with van der Waals surface area (Å²) in [5.74, 6) is 1.34. The Kier molecular flexibility index (Phi) is 3.68. The van der Waals surface area contributed by atoms with Gasteiger partial charge in [0, 0.05) is 17.0 Å². The highest BCUT2D eigenvalue weighted by Gasteiger charge is 2.10. The molecule has 0 amide bonds. The largest absolute Gasteiger partial charge is 0.260 e. The molecule has 0 aliphatic heterocycles. The molecule has 3 rings (SSSR count). The van der Waals surface area contributed by atoms with E-state index in [0.717, 1.165) is 16.6 Å². The lowest BCUT2D eigenvalue weighted by molar-refractivity contribution is 0.445. The van der Waals surface area contributed by atoms with Crippen molar-refractivity contribution in [1.29, 1.82) is 0 Å². The summed E-state index contributed by atoms with van der Waals surface area (Å²) in [5, 5.41) is 14.6. The molecule has 1 aliphatic carbocycles. The Morgan fingerprint density at radius 2 is 2.00 bits per heavy atom. The van der Waals surface area contributed by atoms with Crippen LogP contribution in [-0.2, 0) is 0 Å². The smallest absolute Gasteiger partial charge is 0.176 e. The molecule has 98 valence electrons. The molecule has 1 saturated carbocycles. The Hall–Kier alpha value is -1.97. The third-order valence-electron chi connectivity index (χ3n) is 3.68. The van der Waals surface area contributed by atoms with Crippen molar-refractivity contribution >= 4 is 22.8 Å². The van der Waals surface area contributed by atoms with Gasteiger partial charge in [-0.05, 0) is 18.8 Å². The van der Waals surface area contributed by atoms with Crippen LogP contribution in [0.4, 0.5) is 5.82 Å². The van der Waals surface area contributed by atoms with E-state index in [4.69, 9.17) is 0 Å². The molecule has 1 aromatic heterocycles. The highest BCUT2D eigenvalue weighted by atomic mass is 15.3. The van der Waals surface area contributed by atoms with Gasteiger partial charge in [-0.15, -0.1) is 5.10 Å². The molecule has 1 aliphatic rings. The van der Waals surface area contributed by atoms with E-state index in [1.54, 1.807) is 6.20 Å². The molecule has 4 nitrogen and oxygen atoms in total. The molecule has 1 heterocycles.